The molecule has 0 saturated carbocycles. The van der Waals surface area contributed by atoms with Crippen molar-refractivity contribution in [1.82, 2.24) is 9.97 Å². The van der Waals surface area contributed by atoms with Crippen molar-refractivity contribution < 1.29 is 19.1 Å². The molecule has 0 unspecified atom stereocenters. The molecular weight excluding hydrogens is 392 g/mol. The van der Waals surface area contributed by atoms with E-state index in [0.29, 0.717) is 11.3 Å². The zero-order valence-corrected chi connectivity index (χ0v) is 17.2. The van der Waals surface area contributed by atoms with Crippen molar-refractivity contribution in [3.8, 4) is 0 Å². The Morgan fingerprint density at radius 2 is 1.84 bits per heavy atom. The number of ether oxygens (including phenoxy) is 2. The van der Waals surface area contributed by atoms with Crippen LogP contribution >= 0.6 is 0 Å². The van der Waals surface area contributed by atoms with Crippen LogP contribution in [0.15, 0.2) is 66.9 Å². The fourth-order valence-electron chi connectivity index (χ4n) is 3.53. The first kappa shape index (κ1) is 20.2. The number of hydrogen-bond donors (Lipinski definition) is 0. The Kier molecular flexibility index (Phi) is 5.71. The summed E-state index contributed by atoms with van der Waals surface area (Å²) < 4.78 is 10.3. The minimum Gasteiger partial charge on any atom is -0.465 e. The molecule has 4 rings (SSSR count). The van der Waals surface area contributed by atoms with E-state index in [1.807, 2.05) is 61.5 Å². The van der Waals surface area contributed by atoms with E-state index < -0.39 is 11.9 Å². The largest absolute Gasteiger partial charge is 0.465 e. The number of fused-ring (bicyclic) bond motifs is 2. The van der Waals surface area contributed by atoms with Crippen molar-refractivity contribution in [2.24, 2.45) is 0 Å². The second kappa shape index (κ2) is 8.75. The van der Waals surface area contributed by atoms with Crippen LogP contribution in [0.1, 0.15) is 27.2 Å². The van der Waals surface area contributed by atoms with Crippen molar-refractivity contribution in [1.29, 1.82) is 0 Å². The lowest BCUT2D eigenvalue weighted by Gasteiger charge is -2.13. The molecule has 0 aliphatic heterocycles. The van der Waals surface area contributed by atoms with Crippen molar-refractivity contribution in [2.75, 3.05) is 7.11 Å². The number of aryl methyl sites for hydroxylation is 1. The number of esters is 2. The number of carbonyl (C=O) groups excluding carboxylic acids is 2. The van der Waals surface area contributed by atoms with Gasteiger partial charge in [-0.1, -0.05) is 42.5 Å². The number of nitrogens with zero attached hydrogens (tertiary/aromatic N) is 2. The summed E-state index contributed by atoms with van der Waals surface area (Å²) in [5, 5.41) is 1.83. The maximum Gasteiger partial charge on any atom is 0.340 e. The summed E-state index contributed by atoms with van der Waals surface area (Å²) in [7, 11) is 1.31. The molecule has 0 spiro atoms. The Balaban J connectivity index is 1.58. The molecule has 6 heteroatoms. The quantitative estimate of drug-likeness (QED) is 0.351. The van der Waals surface area contributed by atoms with Gasteiger partial charge in [-0.2, -0.15) is 0 Å². The van der Waals surface area contributed by atoms with Crippen LogP contribution in [0.2, 0.25) is 0 Å². The Labute approximate surface area is 179 Å². The second-order valence-electron chi connectivity index (χ2n) is 6.93. The zero-order valence-electron chi connectivity index (χ0n) is 17.2. The number of methoxy groups -OCH3 is 1. The van der Waals surface area contributed by atoms with Crippen LogP contribution < -0.4 is 0 Å². The number of rotatable bonds is 5. The molecule has 4 aromatic rings. The smallest absolute Gasteiger partial charge is 0.340 e. The van der Waals surface area contributed by atoms with Gasteiger partial charge in [0.25, 0.3) is 0 Å². The summed E-state index contributed by atoms with van der Waals surface area (Å²) in [4.78, 5) is 33.6. The molecule has 0 amide bonds. The van der Waals surface area contributed by atoms with E-state index in [1.54, 1.807) is 12.3 Å². The highest BCUT2D eigenvalue weighted by Crippen LogP contribution is 2.24. The molecule has 154 valence electrons. The van der Waals surface area contributed by atoms with Gasteiger partial charge in [0.05, 0.1) is 29.4 Å². The van der Waals surface area contributed by atoms with Crippen LogP contribution in [0.25, 0.3) is 27.9 Å². The highest BCUT2D eigenvalue weighted by atomic mass is 16.5. The number of benzene rings is 2. The topological polar surface area (TPSA) is 78.4 Å². The summed E-state index contributed by atoms with van der Waals surface area (Å²) in [5.74, 6) is -1.06. The van der Waals surface area contributed by atoms with Gasteiger partial charge in [-0.15, -0.1) is 0 Å². The summed E-state index contributed by atoms with van der Waals surface area (Å²) in [6.07, 6.45) is 4.72. The summed E-state index contributed by atoms with van der Waals surface area (Å²) in [6, 6.07) is 17.0. The Morgan fingerprint density at radius 1 is 1.03 bits per heavy atom. The third kappa shape index (κ3) is 4.14. The normalized spacial score (nSPS) is 11.2. The number of hydrogen-bond acceptors (Lipinski definition) is 6. The molecule has 0 fully saturated rings. The van der Waals surface area contributed by atoms with Gasteiger partial charge in [-0.05, 0) is 30.7 Å². The van der Waals surface area contributed by atoms with E-state index in [9.17, 15) is 9.59 Å². The van der Waals surface area contributed by atoms with Crippen LogP contribution in [0.5, 0.6) is 0 Å². The summed E-state index contributed by atoms with van der Waals surface area (Å²) in [6.45, 7) is 1.68. The molecule has 0 bridgehead atoms. The average Bonchev–Trinajstić information content (AvgIpc) is 2.81. The molecule has 0 aliphatic rings. The SMILES string of the molecule is COC(=O)c1c(COC(=O)/C=C/c2cccc3cccnc23)nc2ccccc2c1C. The third-order valence-corrected chi connectivity index (χ3v) is 5.03. The first-order chi connectivity index (χ1) is 15.1. The third-order valence-electron chi connectivity index (χ3n) is 5.03. The number of carbonyl (C=O) groups is 2. The standard InChI is InChI=1S/C25H20N2O4/c1-16-19-10-3-4-11-20(19)27-21(23(16)25(29)30-2)15-31-22(28)13-12-18-8-5-7-17-9-6-14-26-24(17)18/h3-14H,15H2,1-2H3/b13-12+. The number of para-hydroxylation sites is 2. The molecule has 2 aromatic heterocycles. The average molecular weight is 412 g/mol. The first-order valence-corrected chi connectivity index (χ1v) is 9.73. The van der Waals surface area contributed by atoms with Gasteiger partial charge >= 0.3 is 11.9 Å². The maximum atomic E-state index is 12.4. The van der Waals surface area contributed by atoms with Gasteiger partial charge in [0.15, 0.2) is 0 Å². The molecule has 0 aliphatic carbocycles. The molecule has 0 N–H and O–H groups in total. The lowest BCUT2D eigenvalue weighted by molar-refractivity contribution is -0.139. The van der Waals surface area contributed by atoms with Gasteiger partial charge in [-0.25, -0.2) is 14.6 Å². The molecule has 0 radical (unpaired) electrons. The predicted molar refractivity (Wildman–Crippen MR) is 118 cm³/mol. The zero-order chi connectivity index (χ0) is 21.8. The van der Waals surface area contributed by atoms with Gasteiger partial charge in [-0.3, -0.25) is 4.98 Å². The molecule has 2 aromatic carbocycles. The predicted octanol–water partition coefficient (Wildman–Crippen LogP) is 4.63. The van der Waals surface area contributed by atoms with Crippen LogP contribution in [0.3, 0.4) is 0 Å². The fraction of sp³-hybridized carbons (Fsp3) is 0.120. The second-order valence-corrected chi connectivity index (χ2v) is 6.93. The number of pyridine rings is 2. The Bertz CT molecular complexity index is 1320. The van der Waals surface area contributed by atoms with Crippen molar-refractivity contribution in [2.45, 2.75) is 13.5 Å². The molecule has 2 heterocycles. The van der Waals surface area contributed by atoms with Crippen LogP contribution in [-0.2, 0) is 20.9 Å². The van der Waals surface area contributed by atoms with E-state index in [0.717, 1.165) is 32.9 Å². The van der Waals surface area contributed by atoms with Crippen LogP contribution in [0.4, 0.5) is 0 Å². The lowest BCUT2D eigenvalue weighted by Crippen LogP contribution is -2.13. The van der Waals surface area contributed by atoms with Crippen molar-refractivity contribution in [3.05, 3.63) is 89.3 Å². The minimum absolute atomic E-state index is 0.146. The lowest BCUT2D eigenvalue weighted by atomic mass is 10.0. The van der Waals surface area contributed by atoms with E-state index in [-0.39, 0.29) is 6.61 Å². The number of aromatic nitrogens is 2. The fourth-order valence-corrected chi connectivity index (χ4v) is 3.53. The maximum absolute atomic E-state index is 12.4. The minimum atomic E-state index is -0.545. The van der Waals surface area contributed by atoms with Crippen molar-refractivity contribution >= 4 is 39.8 Å². The molecule has 0 saturated heterocycles. The molecular formula is C25H20N2O4. The van der Waals surface area contributed by atoms with Gasteiger partial charge in [0.1, 0.15) is 6.61 Å². The van der Waals surface area contributed by atoms with E-state index in [2.05, 4.69) is 9.97 Å². The van der Waals surface area contributed by atoms with Gasteiger partial charge < -0.3 is 9.47 Å². The monoisotopic (exact) mass is 412 g/mol. The van der Waals surface area contributed by atoms with E-state index in [4.69, 9.17) is 9.47 Å². The van der Waals surface area contributed by atoms with E-state index in [1.165, 1.54) is 13.2 Å². The Hall–Kier alpha value is -4.06. The first-order valence-electron chi connectivity index (χ1n) is 9.73. The molecule has 6 nitrogen and oxygen atoms in total. The van der Waals surface area contributed by atoms with Gasteiger partial charge in [0.2, 0.25) is 0 Å². The molecule has 31 heavy (non-hydrogen) atoms. The van der Waals surface area contributed by atoms with Crippen LogP contribution in [-0.4, -0.2) is 29.0 Å². The summed E-state index contributed by atoms with van der Waals surface area (Å²) >= 11 is 0. The van der Waals surface area contributed by atoms with E-state index >= 15 is 0 Å². The molecule has 0 atom stereocenters. The van der Waals surface area contributed by atoms with Crippen LogP contribution in [0, 0.1) is 6.92 Å². The highest BCUT2D eigenvalue weighted by molar-refractivity contribution is 5.98. The Morgan fingerprint density at radius 3 is 2.68 bits per heavy atom. The van der Waals surface area contributed by atoms with Gasteiger partial charge in [0, 0.05) is 28.6 Å². The summed E-state index contributed by atoms with van der Waals surface area (Å²) in [5.41, 5.74) is 3.74. The van der Waals surface area contributed by atoms with Crippen molar-refractivity contribution in [3.63, 3.8) is 0 Å². The highest BCUT2D eigenvalue weighted by Gasteiger charge is 2.20.